The van der Waals surface area contributed by atoms with Crippen molar-refractivity contribution in [3.8, 4) is 0 Å². The number of ether oxygens (including phenoxy) is 1. The molecular weight excluding hydrogens is 349 g/mol. The molecule has 1 amide bonds. The van der Waals surface area contributed by atoms with E-state index in [1.165, 1.54) is 4.90 Å². The monoisotopic (exact) mass is 361 g/mol. The summed E-state index contributed by atoms with van der Waals surface area (Å²) >= 11 is 2.13. The molecule has 0 saturated carbocycles. The summed E-state index contributed by atoms with van der Waals surface area (Å²) in [6.45, 7) is 0.778. The van der Waals surface area contributed by atoms with Crippen LogP contribution in [0, 0.1) is 3.57 Å². The molecular formula is C12H12INO4. The Balaban J connectivity index is 2.11. The third kappa shape index (κ3) is 2.99. The lowest BCUT2D eigenvalue weighted by Gasteiger charge is -2.30. The van der Waals surface area contributed by atoms with Crippen molar-refractivity contribution in [2.24, 2.45) is 0 Å². The number of amides is 1. The van der Waals surface area contributed by atoms with Crippen molar-refractivity contribution in [3.05, 3.63) is 33.4 Å². The van der Waals surface area contributed by atoms with Crippen LogP contribution in [0.4, 0.5) is 0 Å². The average molecular weight is 361 g/mol. The van der Waals surface area contributed by atoms with Crippen LogP contribution in [0.5, 0.6) is 0 Å². The standard InChI is InChI=1S/C12H12INO4/c13-9-3-1-2-8(6-9)11(15)14-4-5-18-10(7-14)12(16)17/h1-3,6,10H,4-5,7H2,(H,16,17). The van der Waals surface area contributed by atoms with Crippen LogP contribution in [0.2, 0.25) is 0 Å². The quantitative estimate of drug-likeness (QED) is 0.805. The minimum Gasteiger partial charge on any atom is -0.479 e. The van der Waals surface area contributed by atoms with Gasteiger partial charge in [0.05, 0.1) is 13.2 Å². The maximum absolute atomic E-state index is 12.2. The van der Waals surface area contributed by atoms with Crippen molar-refractivity contribution in [2.45, 2.75) is 6.10 Å². The molecule has 0 bridgehead atoms. The number of carboxylic acid groups (broad SMARTS) is 1. The van der Waals surface area contributed by atoms with Gasteiger partial charge in [0.2, 0.25) is 0 Å². The fraction of sp³-hybridized carbons (Fsp3) is 0.333. The Morgan fingerprint density at radius 2 is 2.22 bits per heavy atom. The lowest BCUT2D eigenvalue weighted by atomic mass is 10.1. The predicted octanol–water partition coefficient (Wildman–Crippen LogP) is 1.22. The second-order valence-electron chi connectivity index (χ2n) is 3.96. The number of benzene rings is 1. The zero-order valence-corrected chi connectivity index (χ0v) is 11.7. The number of nitrogens with zero attached hydrogens (tertiary/aromatic N) is 1. The van der Waals surface area contributed by atoms with Crippen LogP contribution in [0.25, 0.3) is 0 Å². The molecule has 96 valence electrons. The maximum atomic E-state index is 12.2. The summed E-state index contributed by atoms with van der Waals surface area (Å²) in [4.78, 5) is 24.6. The van der Waals surface area contributed by atoms with Crippen LogP contribution >= 0.6 is 22.6 Å². The van der Waals surface area contributed by atoms with Crippen LogP contribution in [-0.2, 0) is 9.53 Å². The minimum atomic E-state index is -1.03. The molecule has 1 aromatic rings. The summed E-state index contributed by atoms with van der Waals surface area (Å²) in [5, 5.41) is 8.89. The minimum absolute atomic E-state index is 0.0969. The summed E-state index contributed by atoms with van der Waals surface area (Å²) in [5.41, 5.74) is 0.577. The first-order valence-corrected chi connectivity index (χ1v) is 6.55. The van der Waals surface area contributed by atoms with Crippen LogP contribution in [0.15, 0.2) is 24.3 Å². The lowest BCUT2D eigenvalue weighted by molar-refractivity contribution is -0.154. The lowest BCUT2D eigenvalue weighted by Crippen LogP contribution is -2.48. The van der Waals surface area contributed by atoms with E-state index in [-0.39, 0.29) is 19.1 Å². The SMILES string of the molecule is O=C(O)C1CN(C(=O)c2cccc(I)c2)CCO1. The molecule has 6 heteroatoms. The molecule has 1 aliphatic rings. The number of hydrogen-bond donors (Lipinski definition) is 1. The zero-order valence-electron chi connectivity index (χ0n) is 9.51. The van der Waals surface area contributed by atoms with E-state index >= 15 is 0 Å². The van der Waals surface area contributed by atoms with Gasteiger partial charge < -0.3 is 14.7 Å². The zero-order chi connectivity index (χ0) is 13.1. The number of halogens is 1. The number of carboxylic acids is 1. The molecule has 0 radical (unpaired) electrons. The Hall–Kier alpha value is -1.15. The third-order valence-electron chi connectivity index (χ3n) is 2.70. The average Bonchev–Trinajstić information content (AvgIpc) is 2.38. The van der Waals surface area contributed by atoms with Crippen LogP contribution in [-0.4, -0.2) is 47.7 Å². The summed E-state index contributed by atoms with van der Waals surface area (Å²) in [6, 6.07) is 7.23. The van der Waals surface area contributed by atoms with Gasteiger partial charge >= 0.3 is 5.97 Å². The highest BCUT2D eigenvalue weighted by atomic mass is 127. The van der Waals surface area contributed by atoms with Crippen molar-refractivity contribution < 1.29 is 19.4 Å². The summed E-state index contributed by atoms with van der Waals surface area (Å²) in [7, 11) is 0. The van der Waals surface area contributed by atoms with Gasteiger partial charge in [0.15, 0.2) is 6.10 Å². The van der Waals surface area contributed by atoms with Crippen molar-refractivity contribution in [1.29, 1.82) is 0 Å². The topological polar surface area (TPSA) is 66.8 Å². The van der Waals surface area contributed by atoms with E-state index < -0.39 is 12.1 Å². The second kappa shape index (κ2) is 5.66. The van der Waals surface area contributed by atoms with Crippen molar-refractivity contribution >= 4 is 34.5 Å². The van der Waals surface area contributed by atoms with E-state index in [0.29, 0.717) is 12.1 Å². The fourth-order valence-electron chi connectivity index (χ4n) is 1.79. The Morgan fingerprint density at radius 3 is 2.89 bits per heavy atom. The Kier molecular flexibility index (Phi) is 4.18. The van der Waals surface area contributed by atoms with E-state index in [1.807, 2.05) is 12.1 Å². The van der Waals surface area contributed by atoms with E-state index in [0.717, 1.165) is 3.57 Å². The number of rotatable bonds is 2. The van der Waals surface area contributed by atoms with Gasteiger partial charge in [0, 0.05) is 15.7 Å². The summed E-state index contributed by atoms with van der Waals surface area (Å²) in [5.74, 6) is -1.18. The molecule has 0 aromatic heterocycles. The molecule has 1 aliphatic heterocycles. The maximum Gasteiger partial charge on any atom is 0.334 e. The van der Waals surface area contributed by atoms with Gasteiger partial charge in [-0.1, -0.05) is 6.07 Å². The molecule has 0 spiro atoms. The molecule has 5 nitrogen and oxygen atoms in total. The smallest absolute Gasteiger partial charge is 0.334 e. The van der Waals surface area contributed by atoms with Gasteiger partial charge in [-0.05, 0) is 40.8 Å². The fourth-order valence-corrected chi connectivity index (χ4v) is 2.33. The van der Waals surface area contributed by atoms with Gasteiger partial charge in [0.25, 0.3) is 5.91 Å². The predicted molar refractivity (Wildman–Crippen MR) is 72.4 cm³/mol. The Labute approximate surface area is 118 Å². The van der Waals surface area contributed by atoms with E-state index in [9.17, 15) is 9.59 Å². The highest BCUT2D eigenvalue weighted by molar-refractivity contribution is 14.1. The van der Waals surface area contributed by atoms with Crippen molar-refractivity contribution in [2.75, 3.05) is 19.7 Å². The third-order valence-corrected chi connectivity index (χ3v) is 3.37. The molecule has 18 heavy (non-hydrogen) atoms. The van der Waals surface area contributed by atoms with Crippen LogP contribution in [0.1, 0.15) is 10.4 Å². The van der Waals surface area contributed by atoms with E-state index in [1.54, 1.807) is 12.1 Å². The molecule has 1 heterocycles. The van der Waals surface area contributed by atoms with Crippen molar-refractivity contribution in [3.63, 3.8) is 0 Å². The molecule has 1 saturated heterocycles. The van der Waals surface area contributed by atoms with Gasteiger partial charge in [-0.3, -0.25) is 4.79 Å². The van der Waals surface area contributed by atoms with Gasteiger partial charge in [-0.25, -0.2) is 4.79 Å². The number of hydrogen-bond acceptors (Lipinski definition) is 3. The highest BCUT2D eigenvalue weighted by Gasteiger charge is 2.29. The number of carbonyl (C=O) groups excluding carboxylic acids is 1. The highest BCUT2D eigenvalue weighted by Crippen LogP contribution is 2.13. The van der Waals surface area contributed by atoms with E-state index in [2.05, 4.69) is 22.6 Å². The molecule has 1 fully saturated rings. The second-order valence-corrected chi connectivity index (χ2v) is 5.20. The first kappa shape index (κ1) is 13.3. The molecule has 1 N–H and O–H groups in total. The summed E-state index contributed by atoms with van der Waals surface area (Å²) in [6.07, 6.45) is -0.925. The van der Waals surface area contributed by atoms with Crippen molar-refractivity contribution in [1.82, 2.24) is 4.90 Å². The van der Waals surface area contributed by atoms with Crippen LogP contribution in [0.3, 0.4) is 0 Å². The number of carbonyl (C=O) groups is 2. The molecule has 1 unspecified atom stereocenters. The molecule has 0 aliphatic carbocycles. The largest absolute Gasteiger partial charge is 0.479 e. The summed E-state index contributed by atoms with van der Waals surface area (Å²) < 4.78 is 6.06. The Morgan fingerprint density at radius 1 is 1.44 bits per heavy atom. The molecule has 1 atom stereocenters. The Bertz CT molecular complexity index is 477. The van der Waals surface area contributed by atoms with Crippen LogP contribution < -0.4 is 0 Å². The number of aliphatic carboxylic acids is 1. The number of morpholine rings is 1. The van der Waals surface area contributed by atoms with Gasteiger partial charge in [-0.15, -0.1) is 0 Å². The normalized spacial score (nSPS) is 19.6. The first-order valence-electron chi connectivity index (χ1n) is 5.47. The van der Waals surface area contributed by atoms with Gasteiger partial charge in [0.1, 0.15) is 0 Å². The molecule has 2 rings (SSSR count). The molecule has 1 aromatic carbocycles. The van der Waals surface area contributed by atoms with Gasteiger partial charge in [-0.2, -0.15) is 0 Å². The first-order chi connectivity index (χ1) is 8.58. The van der Waals surface area contributed by atoms with E-state index in [4.69, 9.17) is 9.84 Å².